The summed E-state index contributed by atoms with van der Waals surface area (Å²) in [5, 5.41) is 19.7. The Morgan fingerprint density at radius 3 is 2.20 bits per heavy atom. The Balaban J connectivity index is 2.00. The highest BCUT2D eigenvalue weighted by Gasteiger charge is 2.48. The zero-order valence-corrected chi connectivity index (χ0v) is 25.2. The van der Waals surface area contributed by atoms with Gasteiger partial charge < -0.3 is 21.7 Å². The molecule has 2 aromatic rings. The van der Waals surface area contributed by atoms with E-state index in [1.807, 2.05) is 20.8 Å². The van der Waals surface area contributed by atoms with E-state index in [0.717, 1.165) is 6.07 Å². The maximum absolute atomic E-state index is 15.7. The highest BCUT2D eigenvalue weighted by atomic mass is 35.5. The number of hydrogen-bond donors (Lipinski definition) is 4. The molecule has 0 radical (unpaired) electrons. The molecule has 7 nitrogen and oxygen atoms in total. The highest BCUT2D eigenvalue weighted by Crippen LogP contribution is 2.43. The lowest BCUT2D eigenvalue weighted by molar-refractivity contribution is -0.124. The van der Waals surface area contributed by atoms with Crippen molar-refractivity contribution in [2.75, 3.05) is 0 Å². The zero-order chi connectivity index (χ0) is 30.5. The fourth-order valence-electron chi connectivity index (χ4n) is 5.57. The van der Waals surface area contributed by atoms with Crippen LogP contribution in [0.25, 0.3) is 0 Å². The molecule has 1 aliphatic carbocycles. The van der Waals surface area contributed by atoms with Crippen LogP contribution in [-0.2, 0) is 10.2 Å². The van der Waals surface area contributed by atoms with Crippen molar-refractivity contribution < 1.29 is 18.4 Å². The van der Waals surface area contributed by atoms with E-state index in [-0.39, 0.29) is 45.6 Å². The van der Waals surface area contributed by atoms with Gasteiger partial charge in [0, 0.05) is 34.3 Å². The molecular formula is C30H37Cl2F2N5O2. The molecule has 3 amide bonds. The second kappa shape index (κ2) is 13.4. The molecule has 1 fully saturated rings. The normalized spacial score (nSPS) is 20.3. The molecule has 3 atom stereocenters. The molecule has 222 valence electrons. The number of carbonyl (C=O) groups excluding carboxylic acids is 2. The van der Waals surface area contributed by atoms with E-state index in [1.54, 1.807) is 6.92 Å². The number of amides is 3. The molecule has 0 aliphatic heterocycles. The van der Waals surface area contributed by atoms with Crippen molar-refractivity contribution in [1.29, 1.82) is 5.26 Å². The van der Waals surface area contributed by atoms with Crippen LogP contribution in [0.15, 0.2) is 36.4 Å². The molecule has 11 heteroatoms. The maximum Gasteiger partial charge on any atom is 0.312 e. The fourth-order valence-corrected chi connectivity index (χ4v) is 5.91. The number of nitrogens with two attached hydrogens (primary N) is 1. The van der Waals surface area contributed by atoms with E-state index in [1.165, 1.54) is 30.3 Å². The van der Waals surface area contributed by atoms with E-state index in [4.69, 9.17) is 28.9 Å². The Morgan fingerprint density at radius 2 is 1.66 bits per heavy atom. The van der Waals surface area contributed by atoms with Crippen LogP contribution in [0, 0.1) is 28.4 Å². The van der Waals surface area contributed by atoms with Crippen molar-refractivity contribution >= 4 is 35.1 Å². The number of urea groups is 1. The fraction of sp³-hybridized carbons (Fsp3) is 0.500. The van der Waals surface area contributed by atoms with Crippen LogP contribution in [0.1, 0.15) is 70.9 Å². The molecule has 41 heavy (non-hydrogen) atoms. The van der Waals surface area contributed by atoms with E-state index in [2.05, 4.69) is 22.0 Å². The van der Waals surface area contributed by atoms with Crippen LogP contribution in [0.3, 0.4) is 0 Å². The minimum Gasteiger partial charge on any atom is -0.352 e. The summed E-state index contributed by atoms with van der Waals surface area (Å²) in [5.74, 6) is -1.94. The number of nitrogens with one attached hydrogen (secondary N) is 3. The Labute approximate surface area is 250 Å². The molecular weight excluding hydrogens is 571 g/mol. The quantitative estimate of drug-likeness (QED) is 0.281. The van der Waals surface area contributed by atoms with Gasteiger partial charge >= 0.3 is 6.03 Å². The van der Waals surface area contributed by atoms with Gasteiger partial charge in [0.2, 0.25) is 5.91 Å². The van der Waals surface area contributed by atoms with Crippen LogP contribution >= 0.6 is 23.2 Å². The molecule has 0 aromatic heterocycles. The van der Waals surface area contributed by atoms with E-state index in [9.17, 15) is 14.9 Å². The lowest BCUT2D eigenvalue weighted by atomic mass is 9.65. The van der Waals surface area contributed by atoms with Crippen LogP contribution in [-0.4, -0.2) is 36.1 Å². The van der Waals surface area contributed by atoms with Crippen molar-refractivity contribution in [2.24, 2.45) is 11.1 Å². The predicted octanol–water partition coefficient (Wildman–Crippen LogP) is 5.96. The SMILES string of the molecule is C[C@@H](N[C@@H](CC(C)(C)C)[C@](C#N)(c1ccc(Cl)cc1F)c1cccc(Cl)c1F)C(=O)NC1CCC(NC(N)=O)CC1. The molecule has 0 saturated heterocycles. The molecule has 1 aliphatic rings. The average molecular weight is 609 g/mol. The Bertz CT molecular complexity index is 1300. The van der Waals surface area contributed by atoms with E-state index >= 15 is 8.78 Å². The first-order valence-corrected chi connectivity index (χ1v) is 14.4. The van der Waals surface area contributed by atoms with Crippen molar-refractivity contribution in [1.82, 2.24) is 16.0 Å². The van der Waals surface area contributed by atoms with Gasteiger partial charge in [0.05, 0.1) is 17.1 Å². The Hall–Kier alpha value is -2.93. The summed E-state index contributed by atoms with van der Waals surface area (Å²) in [7, 11) is 0. The summed E-state index contributed by atoms with van der Waals surface area (Å²) in [5.41, 5.74) is 2.70. The number of nitrogens with zero attached hydrogens (tertiary/aromatic N) is 1. The summed E-state index contributed by atoms with van der Waals surface area (Å²) < 4.78 is 31.3. The first-order valence-electron chi connectivity index (χ1n) is 13.6. The number of nitriles is 1. The topological polar surface area (TPSA) is 120 Å². The van der Waals surface area contributed by atoms with Crippen LogP contribution < -0.4 is 21.7 Å². The third-order valence-electron chi connectivity index (χ3n) is 7.51. The van der Waals surface area contributed by atoms with Gasteiger partial charge in [-0.2, -0.15) is 5.26 Å². The summed E-state index contributed by atoms with van der Waals surface area (Å²) in [6.45, 7) is 7.49. The number of rotatable bonds is 9. The van der Waals surface area contributed by atoms with Crippen molar-refractivity contribution in [2.45, 2.75) is 89.4 Å². The smallest absolute Gasteiger partial charge is 0.312 e. The van der Waals surface area contributed by atoms with E-state index in [0.29, 0.717) is 25.7 Å². The van der Waals surface area contributed by atoms with Gasteiger partial charge in [0.1, 0.15) is 17.0 Å². The van der Waals surface area contributed by atoms with Gasteiger partial charge in [0.15, 0.2) is 0 Å². The summed E-state index contributed by atoms with van der Waals surface area (Å²) in [6.07, 6.45) is 2.92. The predicted molar refractivity (Wildman–Crippen MR) is 157 cm³/mol. The first-order chi connectivity index (χ1) is 19.2. The molecule has 5 N–H and O–H groups in total. The van der Waals surface area contributed by atoms with Gasteiger partial charge in [0.25, 0.3) is 0 Å². The number of hydrogen-bond acceptors (Lipinski definition) is 4. The summed E-state index contributed by atoms with van der Waals surface area (Å²) in [4.78, 5) is 24.5. The molecule has 0 unspecified atom stereocenters. The average Bonchev–Trinajstić information content (AvgIpc) is 2.87. The largest absolute Gasteiger partial charge is 0.352 e. The van der Waals surface area contributed by atoms with Crippen LogP contribution in [0.2, 0.25) is 10.0 Å². The molecule has 1 saturated carbocycles. The van der Waals surface area contributed by atoms with Crippen LogP contribution in [0.4, 0.5) is 13.6 Å². The minimum atomic E-state index is -1.91. The van der Waals surface area contributed by atoms with Gasteiger partial charge in [-0.3, -0.25) is 4.79 Å². The molecule has 3 rings (SSSR count). The Kier molecular flexibility index (Phi) is 10.6. The maximum atomic E-state index is 15.7. The molecule has 0 spiro atoms. The lowest BCUT2D eigenvalue weighted by Gasteiger charge is -2.41. The van der Waals surface area contributed by atoms with Crippen molar-refractivity contribution in [3.63, 3.8) is 0 Å². The standard InChI is InChI=1S/C30H37Cl2F2N5O2/c1-17(27(40)38-19-9-11-20(12-10-19)39-28(36)41)37-25(15-29(2,3)4)30(16-35,21-13-8-18(31)14-24(21)33)22-6-5-7-23(32)26(22)34/h5-8,13-14,17,19-20,25,37H,9-12,15H2,1-4H3,(H,38,40)(H3,36,39,41)/t17-,19?,20?,25+,30-/m1/s1. The second-order valence-corrected chi connectivity index (χ2v) is 12.8. The number of carbonyl (C=O) groups is 2. The number of primary amides is 1. The zero-order valence-electron chi connectivity index (χ0n) is 23.7. The Morgan fingerprint density at radius 1 is 1.05 bits per heavy atom. The van der Waals surface area contributed by atoms with Gasteiger partial charge in [-0.25, -0.2) is 13.6 Å². The van der Waals surface area contributed by atoms with Crippen molar-refractivity contribution in [3.05, 3.63) is 69.2 Å². The van der Waals surface area contributed by atoms with E-state index < -0.39 is 40.6 Å². The van der Waals surface area contributed by atoms with Crippen molar-refractivity contribution in [3.8, 4) is 6.07 Å². The molecule has 2 aromatic carbocycles. The minimum absolute atomic E-state index is 0.0366. The van der Waals surface area contributed by atoms with Gasteiger partial charge in [-0.05, 0) is 62.6 Å². The van der Waals surface area contributed by atoms with Gasteiger partial charge in [-0.15, -0.1) is 0 Å². The number of benzene rings is 2. The lowest BCUT2D eigenvalue weighted by Crippen LogP contribution is -2.57. The van der Waals surface area contributed by atoms with Gasteiger partial charge in [-0.1, -0.05) is 62.2 Å². The number of halogens is 4. The molecule has 0 heterocycles. The first kappa shape index (κ1) is 32.6. The monoisotopic (exact) mass is 607 g/mol. The highest BCUT2D eigenvalue weighted by molar-refractivity contribution is 6.31. The second-order valence-electron chi connectivity index (χ2n) is 11.9. The van der Waals surface area contributed by atoms with Crippen LogP contribution in [0.5, 0.6) is 0 Å². The molecule has 0 bridgehead atoms. The summed E-state index contributed by atoms with van der Waals surface area (Å²) in [6, 6.07) is 7.94. The third-order valence-corrected chi connectivity index (χ3v) is 8.04. The summed E-state index contributed by atoms with van der Waals surface area (Å²) >= 11 is 12.2. The third kappa shape index (κ3) is 7.88.